The van der Waals surface area contributed by atoms with E-state index in [-0.39, 0.29) is 0 Å². The predicted octanol–water partition coefficient (Wildman–Crippen LogP) is 5.76. The average molecular weight is 392 g/mol. The number of rotatable bonds is 8. The Morgan fingerprint density at radius 1 is 0.931 bits per heavy atom. The minimum atomic E-state index is 0.336. The van der Waals surface area contributed by atoms with Crippen LogP contribution in [0.3, 0.4) is 0 Å². The van der Waals surface area contributed by atoms with Crippen molar-refractivity contribution < 1.29 is 4.74 Å². The van der Waals surface area contributed by atoms with Crippen LogP contribution in [0.4, 0.5) is 0 Å². The van der Waals surface area contributed by atoms with Crippen LogP contribution in [0, 0.1) is 0 Å². The fraction of sp³-hybridized carbons (Fsp3) is 0.480. The molecule has 0 saturated carbocycles. The smallest absolute Gasteiger partial charge is 0.141 e. The molecule has 0 unspecified atom stereocenters. The third-order valence-electron chi connectivity index (χ3n) is 5.88. The van der Waals surface area contributed by atoms with Gasteiger partial charge in [-0.1, -0.05) is 32.4 Å². The molecule has 4 heteroatoms. The first-order valence-electron chi connectivity index (χ1n) is 11.2. The number of nitrogens with zero attached hydrogens (tertiary/aromatic N) is 3. The van der Waals surface area contributed by atoms with Gasteiger partial charge in [0.1, 0.15) is 17.7 Å². The molecule has 0 spiro atoms. The highest BCUT2D eigenvalue weighted by atomic mass is 16.5. The van der Waals surface area contributed by atoms with Gasteiger partial charge in [-0.25, -0.2) is 4.98 Å². The van der Waals surface area contributed by atoms with E-state index in [1.807, 2.05) is 0 Å². The van der Waals surface area contributed by atoms with Crippen LogP contribution in [0.1, 0.15) is 46.0 Å². The third kappa shape index (κ3) is 4.64. The molecular formula is C25H33N3O. The van der Waals surface area contributed by atoms with Crippen molar-refractivity contribution in [2.24, 2.45) is 0 Å². The van der Waals surface area contributed by atoms with Crippen molar-refractivity contribution in [1.29, 1.82) is 0 Å². The Kier molecular flexibility index (Phi) is 6.50. The number of unbranched alkanes of at least 4 members (excludes halogenated alkanes) is 1. The van der Waals surface area contributed by atoms with Crippen molar-refractivity contribution in [1.82, 2.24) is 14.5 Å². The average Bonchev–Trinajstić information content (AvgIpc) is 3.13. The van der Waals surface area contributed by atoms with Gasteiger partial charge >= 0.3 is 0 Å². The van der Waals surface area contributed by atoms with Gasteiger partial charge in [-0.2, -0.15) is 0 Å². The lowest BCUT2D eigenvalue weighted by atomic mass is 10.1. The van der Waals surface area contributed by atoms with Crippen LogP contribution in [-0.2, 0) is 6.54 Å². The number of benzene rings is 2. The second kappa shape index (κ2) is 9.45. The molecule has 4 rings (SSSR count). The van der Waals surface area contributed by atoms with Crippen LogP contribution in [-0.4, -0.2) is 40.2 Å². The Labute approximate surface area is 174 Å². The first kappa shape index (κ1) is 20.0. The quantitative estimate of drug-likeness (QED) is 0.489. The molecule has 1 aliphatic heterocycles. The number of hydrogen-bond acceptors (Lipinski definition) is 3. The van der Waals surface area contributed by atoms with Crippen molar-refractivity contribution in [3.05, 3.63) is 48.5 Å². The molecule has 0 aliphatic carbocycles. The van der Waals surface area contributed by atoms with Crippen LogP contribution >= 0.6 is 0 Å². The Morgan fingerprint density at radius 3 is 2.41 bits per heavy atom. The van der Waals surface area contributed by atoms with E-state index >= 15 is 0 Å². The lowest BCUT2D eigenvalue weighted by Gasteiger charge is -2.32. The normalized spacial score (nSPS) is 15.8. The van der Waals surface area contributed by atoms with Gasteiger partial charge in [0.15, 0.2) is 0 Å². The SMILES string of the molecule is CCCCN1CCC(Oc2ccc(-c3nc4ccccc4n3CCC)cc2)CC1. The van der Waals surface area contributed by atoms with E-state index in [1.165, 1.54) is 24.9 Å². The fourth-order valence-electron chi connectivity index (χ4n) is 4.25. The molecule has 0 amide bonds. The van der Waals surface area contributed by atoms with E-state index in [1.54, 1.807) is 0 Å². The summed E-state index contributed by atoms with van der Waals surface area (Å²) in [5.74, 6) is 2.02. The highest BCUT2D eigenvalue weighted by molar-refractivity contribution is 5.80. The van der Waals surface area contributed by atoms with Crippen molar-refractivity contribution in [2.45, 2.75) is 58.6 Å². The van der Waals surface area contributed by atoms with Crippen LogP contribution in [0.2, 0.25) is 0 Å². The van der Waals surface area contributed by atoms with Crippen molar-refractivity contribution in [2.75, 3.05) is 19.6 Å². The maximum atomic E-state index is 6.28. The Bertz CT molecular complexity index is 907. The summed E-state index contributed by atoms with van der Waals surface area (Å²) in [7, 11) is 0. The molecule has 1 fully saturated rings. The summed E-state index contributed by atoms with van der Waals surface area (Å²) in [5, 5.41) is 0. The molecule has 4 nitrogen and oxygen atoms in total. The Balaban J connectivity index is 1.44. The predicted molar refractivity (Wildman–Crippen MR) is 120 cm³/mol. The molecule has 2 heterocycles. The first-order chi connectivity index (χ1) is 14.3. The highest BCUT2D eigenvalue weighted by Crippen LogP contribution is 2.28. The van der Waals surface area contributed by atoms with E-state index in [0.29, 0.717) is 6.10 Å². The minimum Gasteiger partial charge on any atom is -0.490 e. The number of piperidine rings is 1. The number of ether oxygens (including phenoxy) is 1. The number of para-hydroxylation sites is 2. The molecular weight excluding hydrogens is 358 g/mol. The van der Waals surface area contributed by atoms with Crippen LogP contribution in [0.15, 0.2) is 48.5 Å². The zero-order valence-corrected chi connectivity index (χ0v) is 17.8. The number of imidazole rings is 1. The van der Waals surface area contributed by atoms with Crippen molar-refractivity contribution in [3.63, 3.8) is 0 Å². The topological polar surface area (TPSA) is 30.3 Å². The molecule has 1 aromatic heterocycles. The van der Waals surface area contributed by atoms with Gasteiger partial charge in [-0.15, -0.1) is 0 Å². The molecule has 0 atom stereocenters. The third-order valence-corrected chi connectivity index (χ3v) is 5.88. The standard InChI is InChI=1S/C25H33N3O/c1-3-5-17-27-18-14-22(15-19-27)29-21-12-10-20(11-13-21)25-26-23-8-6-7-9-24(23)28(25)16-4-2/h6-13,22H,3-5,14-19H2,1-2H3. The molecule has 0 N–H and O–H groups in total. The Hall–Kier alpha value is -2.33. The highest BCUT2D eigenvalue weighted by Gasteiger charge is 2.20. The number of hydrogen-bond donors (Lipinski definition) is 0. The summed E-state index contributed by atoms with van der Waals surface area (Å²) in [6.07, 6.45) is 6.24. The maximum absolute atomic E-state index is 6.28. The summed E-state index contributed by atoms with van der Waals surface area (Å²) in [6, 6.07) is 16.9. The number of fused-ring (bicyclic) bond motifs is 1. The number of likely N-dealkylation sites (tertiary alicyclic amines) is 1. The van der Waals surface area contributed by atoms with Gasteiger partial charge in [0.25, 0.3) is 0 Å². The van der Waals surface area contributed by atoms with E-state index in [4.69, 9.17) is 9.72 Å². The molecule has 2 aromatic carbocycles. The van der Waals surface area contributed by atoms with Crippen LogP contribution < -0.4 is 4.74 Å². The van der Waals surface area contributed by atoms with Gasteiger partial charge in [-0.05, 0) is 68.6 Å². The molecule has 1 saturated heterocycles. The van der Waals surface area contributed by atoms with Crippen LogP contribution in [0.25, 0.3) is 22.4 Å². The Morgan fingerprint density at radius 2 is 1.69 bits per heavy atom. The molecule has 0 radical (unpaired) electrons. The second-order valence-electron chi connectivity index (χ2n) is 8.11. The van der Waals surface area contributed by atoms with Crippen LogP contribution in [0.5, 0.6) is 5.75 Å². The van der Waals surface area contributed by atoms with E-state index in [2.05, 4.69) is 71.8 Å². The molecule has 154 valence electrons. The lowest BCUT2D eigenvalue weighted by molar-refractivity contribution is 0.0998. The second-order valence-corrected chi connectivity index (χ2v) is 8.11. The van der Waals surface area contributed by atoms with Gasteiger partial charge in [0.2, 0.25) is 0 Å². The molecule has 29 heavy (non-hydrogen) atoms. The summed E-state index contributed by atoms with van der Waals surface area (Å²) < 4.78 is 8.61. The zero-order valence-electron chi connectivity index (χ0n) is 17.8. The zero-order chi connectivity index (χ0) is 20.1. The first-order valence-corrected chi connectivity index (χ1v) is 11.2. The summed E-state index contributed by atoms with van der Waals surface area (Å²) in [5.41, 5.74) is 3.42. The molecule has 3 aromatic rings. The molecule has 0 bridgehead atoms. The van der Waals surface area contributed by atoms with E-state index < -0.39 is 0 Å². The van der Waals surface area contributed by atoms with E-state index in [0.717, 1.165) is 61.6 Å². The number of aryl methyl sites for hydroxylation is 1. The largest absolute Gasteiger partial charge is 0.490 e. The summed E-state index contributed by atoms with van der Waals surface area (Å²) >= 11 is 0. The maximum Gasteiger partial charge on any atom is 0.141 e. The summed E-state index contributed by atoms with van der Waals surface area (Å²) in [4.78, 5) is 7.47. The molecule has 1 aliphatic rings. The van der Waals surface area contributed by atoms with Gasteiger partial charge < -0.3 is 14.2 Å². The van der Waals surface area contributed by atoms with Crippen molar-refractivity contribution in [3.8, 4) is 17.1 Å². The van der Waals surface area contributed by atoms with Gasteiger partial charge in [-0.3, -0.25) is 0 Å². The minimum absolute atomic E-state index is 0.336. The van der Waals surface area contributed by atoms with Crippen molar-refractivity contribution >= 4 is 11.0 Å². The van der Waals surface area contributed by atoms with E-state index in [9.17, 15) is 0 Å². The van der Waals surface area contributed by atoms with Gasteiger partial charge in [0.05, 0.1) is 11.0 Å². The van der Waals surface area contributed by atoms with Gasteiger partial charge in [0, 0.05) is 25.2 Å². The lowest BCUT2D eigenvalue weighted by Crippen LogP contribution is -2.38. The monoisotopic (exact) mass is 391 g/mol. The summed E-state index contributed by atoms with van der Waals surface area (Å²) in [6.45, 7) is 8.99. The number of aromatic nitrogens is 2. The fourth-order valence-corrected chi connectivity index (χ4v) is 4.25.